The largest absolute Gasteiger partial charge is 0.481 e. The first-order valence-electron chi connectivity index (χ1n) is 4.63. The van der Waals surface area contributed by atoms with E-state index >= 15 is 0 Å². The number of rotatable bonds is 6. The third-order valence-corrected chi connectivity index (χ3v) is 1.94. The molecule has 12 heavy (non-hydrogen) atoms. The second-order valence-corrected chi connectivity index (χ2v) is 3.52. The Morgan fingerprint density at radius 1 is 1.58 bits per heavy atom. The first-order chi connectivity index (χ1) is 5.57. The van der Waals surface area contributed by atoms with Gasteiger partial charge in [0, 0.05) is 0 Å². The summed E-state index contributed by atoms with van der Waals surface area (Å²) in [5.41, 5.74) is 0. The molecule has 2 heteroatoms. The van der Waals surface area contributed by atoms with Crippen LogP contribution in [0.2, 0.25) is 0 Å². The molecule has 0 aromatic heterocycles. The zero-order valence-corrected chi connectivity index (χ0v) is 8.05. The lowest BCUT2D eigenvalue weighted by Gasteiger charge is -2.13. The Balaban J connectivity index is 3.78. The van der Waals surface area contributed by atoms with Crippen LogP contribution in [-0.4, -0.2) is 11.1 Å². The minimum Gasteiger partial charge on any atom is -0.481 e. The third kappa shape index (κ3) is 5.16. The van der Waals surface area contributed by atoms with E-state index in [-0.39, 0.29) is 11.8 Å². The van der Waals surface area contributed by atoms with Gasteiger partial charge >= 0.3 is 5.97 Å². The minimum atomic E-state index is -0.668. The highest BCUT2D eigenvalue weighted by atomic mass is 16.4. The van der Waals surface area contributed by atoms with Crippen LogP contribution in [0.15, 0.2) is 0 Å². The number of hydrogen-bond acceptors (Lipinski definition) is 1. The molecule has 0 amide bonds. The average Bonchev–Trinajstić information content (AvgIpc) is 1.96. The standard InChI is InChI=1S/C10H19O2/c1-4-5-6-9(10(11)12)7-8(2)3/h8-9H,2,4-7H2,1,3H3,(H,11,12). The molecular formula is C10H19O2. The van der Waals surface area contributed by atoms with E-state index in [1.807, 2.05) is 6.92 Å². The molecule has 2 nitrogen and oxygen atoms in total. The van der Waals surface area contributed by atoms with E-state index in [4.69, 9.17) is 5.11 Å². The number of hydrogen-bond donors (Lipinski definition) is 1. The molecule has 0 heterocycles. The van der Waals surface area contributed by atoms with Crippen molar-refractivity contribution in [3.8, 4) is 0 Å². The molecule has 0 aliphatic carbocycles. The molecule has 2 unspecified atom stereocenters. The van der Waals surface area contributed by atoms with Gasteiger partial charge in [0.05, 0.1) is 5.92 Å². The van der Waals surface area contributed by atoms with Crippen LogP contribution >= 0.6 is 0 Å². The van der Waals surface area contributed by atoms with Crippen LogP contribution in [0.5, 0.6) is 0 Å². The van der Waals surface area contributed by atoms with Gasteiger partial charge in [-0.25, -0.2) is 0 Å². The zero-order valence-electron chi connectivity index (χ0n) is 8.05. The Labute approximate surface area is 75.0 Å². The van der Waals surface area contributed by atoms with E-state index in [2.05, 4.69) is 13.8 Å². The summed E-state index contributed by atoms with van der Waals surface area (Å²) in [6, 6.07) is 0. The predicted molar refractivity (Wildman–Crippen MR) is 49.8 cm³/mol. The van der Waals surface area contributed by atoms with Crippen LogP contribution in [0.25, 0.3) is 0 Å². The van der Waals surface area contributed by atoms with Gasteiger partial charge in [0.2, 0.25) is 0 Å². The van der Waals surface area contributed by atoms with Gasteiger partial charge in [-0.3, -0.25) is 4.79 Å². The Kier molecular flexibility index (Phi) is 5.77. The van der Waals surface area contributed by atoms with Crippen molar-refractivity contribution in [2.75, 3.05) is 0 Å². The zero-order chi connectivity index (χ0) is 9.56. The van der Waals surface area contributed by atoms with Crippen molar-refractivity contribution < 1.29 is 9.90 Å². The summed E-state index contributed by atoms with van der Waals surface area (Å²) in [6.07, 6.45) is 3.57. The molecule has 1 N–H and O–H groups in total. The van der Waals surface area contributed by atoms with Crippen molar-refractivity contribution >= 4 is 5.97 Å². The summed E-state index contributed by atoms with van der Waals surface area (Å²) in [6.45, 7) is 7.84. The SMILES string of the molecule is [CH2]C(C)CC(CCCC)C(=O)O. The fourth-order valence-corrected chi connectivity index (χ4v) is 1.28. The van der Waals surface area contributed by atoms with Crippen LogP contribution in [0.3, 0.4) is 0 Å². The Morgan fingerprint density at radius 3 is 2.50 bits per heavy atom. The van der Waals surface area contributed by atoms with E-state index in [0.717, 1.165) is 19.3 Å². The maximum absolute atomic E-state index is 10.7. The highest BCUT2D eigenvalue weighted by molar-refractivity contribution is 5.69. The van der Waals surface area contributed by atoms with Crippen LogP contribution in [0, 0.1) is 18.8 Å². The number of unbranched alkanes of at least 4 members (excludes halogenated alkanes) is 1. The molecule has 1 radical (unpaired) electrons. The van der Waals surface area contributed by atoms with Gasteiger partial charge in [-0.15, -0.1) is 0 Å². The minimum absolute atomic E-state index is 0.183. The molecule has 0 spiro atoms. The fourth-order valence-electron chi connectivity index (χ4n) is 1.28. The Hall–Kier alpha value is -0.530. The van der Waals surface area contributed by atoms with Crippen molar-refractivity contribution in [3.63, 3.8) is 0 Å². The van der Waals surface area contributed by atoms with Gasteiger partial charge in [-0.05, 0) is 18.8 Å². The predicted octanol–water partition coefficient (Wildman–Crippen LogP) is 2.74. The molecule has 0 aliphatic rings. The summed E-state index contributed by atoms with van der Waals surface area (Å²) >= 11 is 0. The first kappa shape index (κ1) is 11.5. The second kappa shape index (κ2) is 6.04. The summed E-state index contributed by atoms with van der Waals surface area (Å²) < 4.78 is 0. The van der Waals surface area contributed by atoms with Gasteiger partial charge in [0.1, 0.15) is 0 Å². The number of aliphatic carboxylic acids is 1. The molecule has 0 bridgehead atoms. The third-order valence-electron chi connectivity index (χ3n) is 1.94. The highest BCUT2D eigenvalue weighted by Gasteiger charge is 2.17. The van der Waals surface area contributed by atoms with Gasteiger partial charge in [0.25, 0.3) is 0 Å². The van der Waals surface area contributed by atoms with Crippen molar-refractivity contribution in [1.29, 1.82) is 0 Å². The number of carboxylic acids is 1. The van der Waals surface area contributed by atoms with Crippen LogP contribution < -0.4 is 0 Å². The molecule has 0 saturated heterocycles. The lowest BCUT2D eigenvalue weighted by molar-refractivity contribution is -0.142. The first-order valence-corrected chi connectivity index (χ1v) is 4.63. The van der Waals surface area contributed by atoms with Crippen LogP contribution in [0.1, 0.15) is 39.5 Å². The molecule has 0 saturated carbocycles. The summed E-state index contributed by atoms with van der Waals surface area (Å²) in [5, 5.41) is 8.82. The van der Waals surface area contributed by atoms with Crippen LogP contribution in [-0.2, 0) is 4.79 Å². The monoisotopic (exact) mass is 171 g/mol. The topological polar surface area (TPSA) is 37.3 Å². The second-order valence-electron chi connectivity index (χ2n) is 3.52. The van der Waals surface area contributed by atoms with E-state index in [1.165, 1.54) is 0 Å². The molecule has 0 aliphatic heterocycles. The maximum Gasteiger partial charge on any atom is 0.306 e. The molecule has 71 valence electrons. The van der Waals surface area contributed by atoms with Crippen LogP contribution in [0.4, 0.5) is 0 Å². The van der Waals surface area contributed by atoms with Gasteiger partial charge in [0.15, 0.2) is 0 Å². The molecule has 2 atom stereocenters. The van der Waals surface area contributed by atoms with Crippen molar-refractivity contribution in [2.24, 2.45) is 11.8 Å². The van der Waals surface area contributed by atoms with E-state index < -0.39 is 5.97 Å². The Morgan fingerprint density at radius 2 is 2.17 bits per heavy atom. The molecule has 0 fully saturated rings. The smallest absolute Gasteiger partial charge is 0.306 e. The van der Waals surface area contributed by atoms with E-state index in [0.29, 0.717) is 6.42 Å². The molecule has 0 aromatic rings. The van der Waals surface area contributed by atoms with Gasteiger partial charge < -0.3 is 5.11 Å². The fraction of sp³-hybridized carbons (Fsp3) is 0.800. The highest BCUT2D eigenvalue weighted by Crippen LogP contribution is 2.17. The molecule has 0 aromatic carbocycles. The van der Waals surface area contributed by atoms with E-state index in [1.54, 1.807) is 0 Å². The quantitative estimate of drug-likeness (QED) is 0.667. The van der Waals surface area contributed by atoms with Crippen molar-refractivity contribution in [1.82, 2.24) is 0 Å². The van der Waals surface area contributed by atoms with Crippen molar-refractivity contribution in [2.45, 2.75) is 39.5 Å². The van der Waals surface area contributed by atoms with Gasteiger partial charge in [-0.1, -0.05) is 33.6 Å². The number of carbonyl (C=O) groups is 1. The van der Waals surface area contributed by atoms with Gasteiger partial charge in [-0.2, -0.15) is 0 Å². The normalized spacial score (nSPS) is 13.3. The Bertz CT molecular complexity index is 130. The molecular weight excluding hydrogens is 152 g/mol. The summed E-state index contributed by atoms with van der Waals surface area (Å²) in [7, 11) is 0. The number of carboxylic acid groups (broad SMARTS) is 1. The van der Waals surface area contributed by atoms with E-state index in [9.17, 15) is 4.79 Å². The lowest BCUT2D eigenvalue weighted by atomic mass is 9.92. The molecule has 0 rings (SSSR count). The van der Waals surface area contributed by atoms with Crippen molar-refractivity contribution in [3.05, 3.63) is 6.92 Å². The lowest BCUT2D eigenvalue weighted by Crippen LogP contribution is -2.15. The summed E-state index contributed by atoms with van der Waals surface area (Å²) in [4.78, 5) is 10.7. The average molecular weight is 171 g/mol. The summed E-state index contributed by atoms with van der Waals surface area (Å²) in [5.74, 6) is -0.612. The maximum atomic E-state index is 10.7.